The zero-order valence-corrected chi connectivity index (χ0v) is 8.18. The van der Waals surface area contributed by atoms with Crippen LogP contribution in [0, 0.1) is 5.82 Å². The number of halogens is 2. The molecule has 66 valence electrons. The van der Waals surface area contributed by atoms with Crippen LogP contribution < -0.4 is 5.73 Å². The van der Waals surface area contributed by atoms with Gasteiger partial charge in [-0.1, -0.05) is 6.07 Å². The van der Waals surface area contributed by atoms with E-state index in [-0.39, 0.29) is 5.82 Å². The van der Waals surface area contributed by atoms with Gasteiger partial charge in [0.1, 0.15) is 11.6 Å². The summed E-state index contributed by atoms with van der Waals surface area (Å²) in [6.45, 7) is 0. The van der Waals surface area contributed by atoms with Gasteiger partial charge in [-0.25, -0.2) is 9.37 Å². The highest BCUT2D eigenvalue weighted by Crippen LogP contribution is 2.24. The fourth-order valence-electron chi connectivity index (χ4n) is 1.17. The summed E-state index contributed by atoms with van der Waals surface area (Å²) in [5.41, 5.74) is 5.47. The van der Waals surface area contributed by atoms with E-state index in [1.54, 1.807) is 18.2 Å². The van der Waals surface area contributed by atoms with Gasteiger partial charge in [-0.15, -0.1) is 0 Å². The average molecular weight is 241 g/mol. The van der Waals surface area contributed by atoms with E-state index < -0.39 is 0 Å². The lowest BCUT2D eigenvalue weighted by molar-refractivity contribution is 0.633. The molecule has 0 saturated heterocycles. The van der Waals surface area contributed by atoms with Crippen molar-refractivity contribution in [3.63, 3.8) is 0 Å². The lowest BCUT2D eigenvalue weighted by atomic mass is 10.2. The minimum atomic E-state index is -0.301. The van der Waals surface area contributed by atoms with Crippen LogP contribution in [0.1, 0.15) is 0 Å². The van der Waals surface area contributed by atoms with E-state index in [1.807, 2.05) is 0 Å². The second-order valence-electron chi connectivity index (χ2n) is 2.69. The quantitative estimate of drug-likeness (QED) is 0.770. The van der Waals surface area contributed by atoms with Crippen LogP contribution in [0.2, 0.25) is 0 Å². The third kappa shape index (κ3) is 1.37. The molecule has 0 saturated carbocycles. The largest absolute Gasteiger partial charge is 0.384 e. The van der Waals surface area contributed by atoms with Gasteiger partial charge in [0.25, 0.3) is 0 Å². The summed E-state index contributed by atoms with van der Waals surface area (Å²) in [5, 5.41) is 1.23. The van der Waals surface area contributed by atoms with Gasteiger partial charge in [-0.3, -0.25) is 0 Å². The second-order valence-corrected chi connectivity index (χ2v) is 3.55. The van der Waals surface area contributed by atoms with Crippen molar-refractivity contribution >= 4 is 32.5 Å². The number of nitrogens with two attached hydrogens (primary N) is 1. The monoisotopic (exact) mass is 240 g/mol. The number of benzene rings is 1. The van der Waals surface area contributed by atoms with Crippen molar-refractivity contribution in [3.05, 3.63) is 34.7 Å². The van der Waals surface area contributed by atoms with Gasteiger partial charge < -0.3 is 5.73 Å². The molecule has 1 aromatic heterocycles. The molecular formula is C9H6BrFN2. The first kappa shape index (κ1) is 8.44. The van der Waals surface area contributed by atoms with Crippen LogP contribution in [0.4, 0.5) is 10.2 Å². The predicted octanol–water partition coefficient (Wildman–Crippen LogP) is 2.72. The van der Waals surface area contributed by atoms with Crippen molar-refractivity contribution in [1.82, 2.24) is 4.98 Å². The highest BCUT2D eigenvalue weighted by Gasteiger charge is 2.04. The van der Waals surface area contributed by atoms with Crippen LogP contribution in [0.25, 0.3) is 10.8 Å². The zero-order valence-electron chi connectivity index (χ0n) is 6.59. The summed E-state index contributed by atoms with van der Waals surface area (Å²) in [6.07, 6.45) is 1.44. The maximum atomic E-state index is 13.4. The van der Waals surface area contributed by atoms with Crippen molar-refractivity contribution in [2.75, 3.05) is 5.73 Å². The molecule has 0 aliphatic heterocycles. The fourth-order valence-corrected chi connectivity index (χ4v) is 1.52. The minimum Gasteiger partial charge on any atom is -0.384 e. The molecular weight excluding hydrogens is 235 g/mol. The molecule has 1 aromatic carbocycles. The summed E-state index contributed by atoms with van der Waals surface area (Å²) >= 11 is 3.10. The molecule has 0 fully saturated rings. The molecule has 0 unspecified atom stereocenters. The number of nitrogen functional groups attached to an aromatic ring is 1. The zero-order chi connectivity index (χ0) is 9.42. The Labute approximate surface area is 82.7 Å². The summed E-state index contributed by atoms with van der Waals surface area (Å²) in [4.78, 5) is 3.83. The van der Waals surface area contributed by atoms with Crippen molar-refractivity contribution in [2.24, 2.45) is 0 Å². The molecule has 0 atom stereocenters. The van der Waals surface area contributed by atoms with Gasteiger partial charge in [0.05, 0.1) is 4.47 Å². The lowest BCUT2D eigenvalue weighted by Gasteiger charge is -2.01. The van der Waals surface area contributed by atoms with E-state index in [2.05, 4.69) is 20.9 Å². The van der Waals surface area contributed by atoms with Crippen LogP contribution in [0.15, 0.2) is 28.9 Å². The standard InChI is InChI=1S/C9H6BrFN2/c10-7-2-1-5-3-8(12)13-4-6(5)9(7)11/h1-4H,(H2,12,13). The number of aromatic nitrogens is 1. The smallest absolute Gasteiger partial charge is 0.146 e. The first-order chi connectivity index (χ1) is 6.18. The minimum absolute atomic E-state index is 0.301. The van der Waals surface area contributed by atoms with E-state index in [1.165, 1.54) is 6.20 Å². The second kappa shape index (κ2) is 2.96. The molecule has 0 radical (unpaired) electrons. The number of pyridine rings is 1. The number of rotatable bonds is 0. The van der Waals surface area contributed by atoms with Gasteiger partial charge in [-0.05, 0) is 33.4 Å². The summed E-state index contributed by atoms with van der Waals surface area (Å²) < 4.78 is 13.8. The van der Waals surface area contributed by atoms with Crippen molar-refractivity contribution in [2.45, 2.75) is 0 Å². The van der Waals surface area contributed by atoms with Crippen LogP contribution in [-0.4, -0.2) is 4.98 Å². The topological polar surface area (TPSA) is 38.9 Å². The maximum absolute atomic E-state index is 13.4. The number of nitrogens with zero attached hydrogens (tertiary/aromatic N) is 1. The molecule has 0 bridgehead atoms. The molecule has 0 amide bonds. The van der Waals surface area contributed by atoms with Crippen LogP contribution in [-0.2, 0) is 0 Å². The van der Waals surface area contributed by atoms with Crippen LogP contribution in [0.3, 0.4) is 0 Å². The van der Waals surface area contributed by atoms with Crippen molar-refractivity contribution < 1.29 is 4.39 Å². The van der Waals surface area contributed by atoms with E-state index in [0.29, 0.717) is 15.7 Å². The molecule has 2 aromatic rings. The Balaban J connectivity index is 2.87. The van der Waals surface area contributed by atoms with Gasteiger partial charge in [-0.2, -0.15) is 0 Å². The number of anilines is 1. The number of hydrogen-bond donors (Lipinski definition) is 1. The Morgan fingerprint density at radius 2 is 2.15 bits per heavy atom. The highest BCUT2D eigenvalue weighted by atomic mass is 79.9. The summed E-state index contributed by atoms with van der Waals surface area (Å²) in [5.74, 6) is 0.0965. The molecule has 0 aliphatic rings. The molecule has 13 heavy (non-hydrogen) atoms. The van der Waals surface area contributed by atoms with Crippen molar-refractivity contribution in [3.8, 4) is 0 Å². The third-order valence-corrected chi connectivity index (χ3v) is 2.42. The molecule has 0 aliphatic carbocycles. The first-order valence-corrected chi connectivity index (χ1v) is 4.47. The summed E-state index contributed by atoms with van der Waals surface area (Å²) in [7, 11) is 0. The van der Waals surface area contributed by atoms with E-state index in [0.717, 1.165) is 5.39 Å². The Morgan fingerprint density at radius 3 is 2.92 bits per heavy atom. The first-order valence-electron chi connectivity index (χ1n) is 3.68. The lowest BCUT2D eigenvalue weighted by Crippen LogP contribution is -1.90. The molecule has 1 heterocycles. The molecule has 2 N–H and O–H groups in total. The Morgan fingerprint density at radius 1 is 1.38 bits per heavy atom. The van der Waals surface area contributed by atoms with Gasteiger partial charge in [0.2, 0.25) is 0 Å². The molecule has 4 heteroatoms. The van der Waals surface area contributed by atoms with Gasteiger partial charge >= 0.3 is 0 Å². The predicted molar refractivity (Wildman–Crippen MR) is 53.8 cm³/mol. The number of hydrogen-bond acceptors (Lipinski definition) is 2. The highest BCUT2D eigenvalue weighted by molar-refractivity contribution is 9.10. The molecule has 2 rings (SSSR count). The van der Waals surface area contributed by atoms with E-state index in [9.17, 15) is 4.39 Å². The van der Waals surface area contributed by atoms with Crippen LogP contribution in [0.5, 0.6) is 0 Å². The van der Waals surface area contributed by atoms with Gasteiger partial charge in [0, 0.05) is 11.6 Å². The maximum Gasteiger partial charge on any atom is 0.146 e. The fraction of sp³-hybridized carbons (Fsp3) is 0. The van der Waals surface area contributed by atoms with E-state index in [4.69, 9.17) is 5.73 Å². The van der Waals surface area contributed by atoms with Crippen molar-refractivity contribution in [1.29, 1.82) is 0 Å². The summed E-state index contributed by atoms with van der Waals surface area (Å²) in [6, 6.07) is 5.09. The Hall–Kier alpha value is -1.16. The third-order valence-electron chi connectivity index (χ3n) is 1.81. The molecule has 2 nitrogen and oxygen atoms in total. The Bertz CT molecular complexity index is 470. The van der Waals surface area contributed by atoms with Gasteiger partial charge in [0.15, 0.2) is 0 Å². The SMILES string of the molecule is Nc1cc2ccc(Br)c(F)c2cn1. The molecule has 0 spiro atoms. The van der Waals surface area contributed by atoms with E-state index >= 15 is 0 Å². The number of fused-ring (bicyclic) bond motifs is 1. The van der Waals surface area contributed by atoms with Crippen LogP contribution >= 0.6 is 15.9 Å². The Kier molecular flexibility index (Phi) is 1.92. The normalized spacial score (nSPS) is 10.6. The average Bonchev–Trinajstić information content (AvgIpc) is 2.12.